The number of anilines is 1. The van der Waals surface area contributed by atoms with E-state index in [1.807, 2.05) is 13.2 Å². The largest absolute Gasteiger partial charge is 0.363 e. The van der Waals surface area contributed by atoms with Crippen molar-refractivity contribution in [2.75, 3.05) is 25.0 Å². The highest BCUT2D eigenvalue weighted by Crippen LogP contribution is 2.36. The quantitative estimate of drug-likeness (QED) is 0.915. The van der Waals surface area contributed by atoms with Crippen LogP contribution in [0.15, 0.2) is 29.1 Å². The second-order valence-electron chi connectivity index (χ2n) is 5.39. The predicted molar refractivity (Wildman–Crippen MR) is 85.6 cm³/mol. The minimum absolute atomic E-state index is 0.457. The lowest BCUT2D eigenvalue weighted by Gasteiger charge is -2.30. The molecule has 0 saturated heterocycles. The Hall–Kier alpha value is -1.39. The molecule has 0 fully saturated rings. The minimum Gasteiger partial charge on any atom is -0.363 e. The first-order chi connectivity index (χ1) is 9.79. The van der Waals surface area contributed by atoms with Crippen LogP contribution >= 0.6 is 11.3 Å². The van der Waals surface area contributed by atoms with Crippen LogP contribution in [0.1, 0.15) is 29.3 Å². The van der Waals surface area contributed by atoms with E-state index in [-0.39, 0.29) is 0 Å². The predicted octanol–water partition coefficient (Wildman–Crippen LogP) is 3.16. The van der Waals surface area contributed by atoms with Crippen molar-refractivity contribution in [3.05, 3.63) is 45.9 Å². The molecule has 0 bridgehead atoms. The molecule has 1 N–H and O–H groups in total. The van der Waals surface area contributed by atoms with Gasteiger partial charge in [-0.3, -0.25) is 4.98 Å². The molecule has 2 aromatic rings. The van der Waals surface area contributed by atoms with E-state index in [4.69, 9.17) is 0 Å². The van der Waals surface area contributed by atoms with Crippen molar-refractivity contribution in [2.24, 2.45) is 0 Å². The van der Waals surface area contributed by atoms with Gasteiger partial charge in [0.25, 0.3) is 0 Å². The Morgan fingerprint density at radius 1 is 1.50 bits per heavy atom. The van der Waals surface area contributed by atoms with Crippen molar-refractivity contribution >= 4 is 17.0 Å². The maximum absolute atomic E-state index is 4.60. The molecule has 0 spiro atoms. The van der Waals surface area contributed by atoms with Crippen LogP contribution < -0.4 is 10.2 Å². The zero-order valence-corrected chi connectivity index (χ0v) is 12.9. The van der Waals surface area contributed by atoms with E-state index in [2.05, 4.69) is 45.0 Å². The Labute approximate surface area is 124 Å². The number of nitrogens with one attached hydrogen (secondary N) is 1. The monoisotopic (exact) mass is 287 g/mol. The highest BCUT2D eigenvalue weighted by atomic mass is 32.1. The number of hydrogen-bond acceptors (Lipinski definition) is 4. The van der Waals surface area contributed by atoms with Gasteiger partial charge in [-0.25, -0.2) is 0 Å². The molecule has 0 aliphatic carbocycles. The normalized spacial score (nSPS) is 15.4. The summed E-state index contributed by atoms with van der Waals surface area (Å²) in [5.41, 5.74) is 5.26. The second-order valence-corrected chi connectivity index (χ2v) is 6.17. The van der Waals surface area contributed by atoms with Crippen LogP contribution in [0.2, 0.25) is 0 Å². The fraction of sp³-hybridized carbons (Fsp3) is 0.438. The Kier molecular flexibility index (Phi) is 4.03. The number of aromatic nitrogens is 1. The molecule has 2 aromatic heterocycles. The van der Waals surface area contributed by atoms with E-state index in [9.17, 15) is 0 Å². The van der Waals surface area contributed by atoms with E-state index in [1.54, 1.807) is 11.3 Å². The third-order valence-electron chi connectivity index (χ3n) is 3.95. The Morgan fingerprint density at radius 2 is 2.40 bits per heavy atom. The van der Waals surface area contributed by atoms with Crippen LogP contribution in [0.3, 0.4) is 0 Å². The van der Waals surface area contributed by atoms with Gasteiger partial charge in [0.15, 0.2) is 0 Å². The minimum atomic E-state index is 0.457. The van der Waals surface area contributed by atoms with Crippen LogP contribution in [-0.4, -0.2) is 25.1 Å². The van der Waals surface area contributed by atoms with Crippen molar-refractivity contribution in [1.82, 2.24) is 10.3 Å². The van der Waals surface area contributed by atoms with Crippen LogP contribution in [-0.2, 0) is 6.42 Å². The van der Waals surface area contributed by atoms with E-state index in [0.717, 1.165) is 25.9 Å². The standard InChI is InChI=1S/C16H21N3S/c1-12-9-16-14(18-10-12)4-7-19(16)15(3-6-17-2)13-5-8-20-11-13/h5,8-11,15,17H,3-4,6-7H2,1-2H3/t15-/m0/s1. The van der Waals surface area contributed by atoms with E-state index >= 15 is 0 Å². The van der Waals surface area contributed by atoms with Crippen LogP contribution in [0.25, 0.3) is 0 Å². The zero-order chi connectivity index (χ0) is 13.9. The zero-order valence-electron chi connectivity index (χ0n) is 12.1. The van der Waals surface area contributed by atoms with Gasteiger partial charge >= 0.3 is 0 Å². The maximum atomic E-state index is 4.60. The van der Waals surface area contributed by atoms with E-state index in [0.29, 0.717) is 6.04 Å². The summed E-state index contributed by atoms with van der Waals surface area (Å²) < 4.78 is 0. The molecule has 0 aromatic carbocycles. The van der Waals surface area contributed by atoms with Crippen LogP contribution in [0, 0.1) is 6.92 Å². The van der Waals surface area contributed by atoms with Crippen LogP contribution in [0.5, 0.6) is 0 Å². The van der Waals surface area contributed by atoms with Gasteiger partial charge in [-0.05, 0) is 61.0 Å². The Bertz CT molecular complexity index is 565. The first-order valence-electron chi connectivity index (χ1n) is 7.18. The van der Waals surface area contributed by atoms with Gasteiger partial charge in [-0.2, -0.15) is 11.3 Å². The fourth-order valence-electron chi connectivity index (χ4n) is 2.94. The highest BCUT2D eigenvalue weighted by molar-refractivity contribution is 7.08. The summed E-state index contributed by atoms with van der Waals surface area (Å²) in [7, 11) is 2.02. The van der Waals surface area contributed by atoms with Gasteiger partial charge in [-0.15, -0.1) is 0 Å². The Morgan fingerprint density at radius 3 is 3.15 bits per heavy atom. The molecule has 0 radical (unpaired) electrons. The van der Waals surface area contributed by atoms with Gasteiger partial charge in [0, 0.05) is 19.2 Å². The number of nitrogens with zero attached hydrogens (tertiary/aromatic N) is 2. The molecule has 0 unspecified atom stereocenters. The molecule has 1 aliphatic rings. The van der Waals surface area contributed by atoms with Crippen molar-refractivity contribution in [3.8, 4) is 0 Å². The summed E-state index contributed by atoms with van der Waals surface area (Å²) in [4.78, 5) is 7.13. The number of pyridine rings is 1. The first kappa shape index (κ1) is 13.6. The molecule has 106 valence electrons. The SMILES string of the molecule is CNCC[C@@H](c1ccsc1)N1CCc2ncc(C)cc21. The van der Waals surface area contributed by atoms with Crippen molar-refractivity contribution < 1.29 is 0 Å². The fourth-order valence-corrected chi connectivity index (χ4v) is 3.65. The molecule has 3 rings (SSSR count). The number of thiophene rings is 1. The van der Waals surface area contributed by atoms with E-state index in [1.165, 1.54) is 22.5 Å². The number of rotatable bonds is 5. The average molecular weight is 287 g/mol. The lowest BCUT2D eigenvalue weighted by atomic mass is 10.1. The third-order valence-corrected chi connectivity index (χ3v) is 4.66. The molecule has 0 saturated carbocycles. The molecule has 3 nitrogen and oxygen atoms in total. The highest BCUT2D eigenvalue weighted by Gasteiger charge is 2.28. The first-order valence-corrected chi connectivity index (χ1v) is 8.12. The summed E-state index contributed by atoms with van der Waals surface area (Å²) in [6.07, 6.45) is 4.17. The molecular weight excluding hydrogens is 266 g/mol. The number of fused-ring (bicyclic) bond motifs is 1. The molecule has 4 heteroatoms. The molecule has 1 aliphatic heterocycles. The Balaban J connectivity index is 1.91. The summed E-state index contributed by atoms with van der Waals surface area (Å²) in [5, 5.41) is 7.73. The smallest absolute Gasteiger partial charge is 0.0654 e. The molecule has 1 atom stereocenters. The van der Waals surface area contributed by atoms with Crippen LogP contribution in [0.4, 0.5) is 5.69 Å². The lowest BCUT2D eigenvalue weighted by molar-refractivity contribution is 0.570. The van der Waals surface area contributed by atoms with Gasteiger partial charge in [0.05, 0.1) is 17.4 Å². The number of hydrogen-bond donors (Lipinski definition) is 1. The van der Waals surface area contributed by atoms with Gasteiger partial charge < -0.3 is 10.2 Å². The van der Waals surface area contributed by atoms with Gasteiger partial charge in [0.1, 0.15) is 0 Å². The third kappa shape index (κ3) is 2.58. The summed E-state index contributed by atoms with van der Waals surface area (Å²) in [5.74, 6) is 0. The summed E-state index contributed by atoms with van der Waals surface area (Å²) in [6, 6.07) is 5.00. The topological polar surface area (TPSA) is 28.2 Å². The summed E-state index contributed by atoms with van der Waals surface area (Å²) in [6.45, 7) is 4.23. The molecule has 20 heavy (non-hydrogen) atoms. The van der Waals surface area contributed by atoms with Crippen molar-refractivity contribution in [2.45, 2.75) is 25.8 Å². The average Bonchev–Trinajstić information content (AvgIpc) is 3.09. The lowest BCUT2D eigenvalue weighted by Crippen LogP contribution is -2.29. The number of aryl methyl sites for hydroxylation is 1. The molecular formula is C16H21N3S. The maximum Gasteiger partial charge on any atom is 0.0654 e. The van der Waals surface area contributed by atoms with Gasteiger partial charge in [-0.1, -0.05) is 0 Å². The molecule has 0 amide bonds. The van der Waals surface area contributed by atoms with Gasteiger partial charge in [0.2, 0.25) is 0 Å². The second kappa shape index (κ2) is 5.94. The molecule has 3 heterocycles. The van der Waals surface area contributed by atoms with Crippen molar-refractivity contribution in [1.29, 1.82) is 0 Å². The van der Waals surface area contributed by atoms with E-state index < -0.39 is 0 Å². The summed E-state index contributed by atoms with van der Waals surface area (Å²) >= 11 is 1.78. The van der Waals surface area contributed by atoms with Crippen molar-refractivity contribution in [3.63, 3.8) is 0 Å².